The number of hydrogen-bond acceptors (Lipinski definition) is 3. The van der Waals surface area contributed by atoms with Crippen LogP contribution in [0.25, 0.3) is 0 Å². The van der Waals surface area contributed by atoms with Crippen molar-refractivity contribution >= 4 is 0 Å². The van der Waals surface area contributed by atoms with Crippen LogP contribution in [0.1, 0.15) is 36.4 Å². The van der Waals surface area contributed by atoms with Crippen LogP contribution in [0, 0.1) is 6.92 Å². The number of aryl methyl sites for hydroxylation is 1. The molecule has 2 unspecified atom stereocenters. The monoisotopic (exact) mass is 234 g/mol. The summed E-state index contributed by atoms with van der Waals surface area (Å²) in [6, 6.07) is 6.72. The molecule has 1 aromatic rings. The first kappa shape index (κ1) is 12.4. The summed E-state index contributed by atoms with van der Waals surface area (Å²) in [5.41, 5.74) is 8.67. The van der Waals surface area contributed by atoms with E-state index in [2.05, 4.69) is 24.4 Å². The van der Waals surface area contributed by atoms with Gasteiger partial charge in [0.05, 0.1) is 7.11 Å². The Hall–Kier alpha value is -1.06. The Bertz CT molecular complexity index is 372. The van der Waals surface area contributed by atoms with E-state index >= 15 is 0 Å². The number of hydrogen-bond donors (Lipinski definition) is 2. The fraction of sp³-hybridized carbons (Fsp3) is 0.571. The molecule has 0 amide bonds. The summed E-state index contributed by atoms with van der Waals surface area (Å²) in [5, 5.41) is 3.51. The van der Waals surface area contributed by atoms with Crippen molar-refractivity contribution in [1.82, 2.24) is 5.32 Å². The van der Waals surface area contributed by atoms with Crippen molar-refractivity contribution in [3.05, 3.63) is 29.3 Å². The summed E-state index contributed by atoms with van der Waals surface area (Å²) >= 11 is 0. The predicted octanol–water partition coefficient (Wildman–Crippen LogP) is 2.15. The molecule has 1 saturated heterocycles. The van der Waals surface area contributed by atoms with Gasteiger partial charge in [-0.15, -0.1) is 0 Å². The van der Waals surface area contributed by atoms with Crippen LogP contribution in [0.15, 0.2) is 18.2 Å². The smallest absolute Gasteiger partial charge is 0.121 e. The molecule has 0 radical (unpaired) electrons. The van der Waals surface area contributed by atoms with Crippen molar-refractivity contribution < 1.29 is 4.74 Å². The molecule has 0 bridgehead atoms. The quantitative estimate of drug-likeness (QED) is 0.842. The van der Waals surface area contributed by atoms with Gasteiger partial charge in [-0.25, -0.2) is 0 Å². The molecule has 0 aliphatic carbocycles. The van der Waals surface area contributed by atoms with E-state index in [-0.39, 0.29) is 6.04 Å². The van der Waals surface area contributed by atoms with Crippen molar-refractivity contribution in [3.8, 4) is 5.75 Å². The topological polar surface area (TPSA) is 47.3 Å². The molecule has 1 aromatic carbocycles. The first-order valence-electron chi connectivity index (χ1n) is 6.36. The van der Waals surface area contributed by atoms with E-state index in [1.54, 1.807) is 7.11 Å². The molecule has 17 heavy (non-hydrogen) atoms. The Morgan fingerprint density at radius 3 is 2.82 bits per heavy atom. The van der Waals surface area contributed by atoms with Gasteiger partial charge in [-0.05, 0) is 43.5 Å². The minimum Gasteiger partial charge on any atom is -0.496 e. The highest BCUT2D eigenvalue weighted by Gasteiger charge is 2.21. The molecule has 1 aliphatic heterocycles. The van der Waals surface area contributed by atoms with Crippen LogP contribution in [0.4, 0.5) is 0 Å². The van der Waals surface area contributed by atoms with E-state index in [4.69, 9.17) is 10.5 Å². The molecule has 0 spiro atoms. The van der Waals surface area contributed by atoms with Gasteiger partial charge in [0.1, 0.15) is 5.75 Å². The summed E-state index contributed by atoms with van der Waals surface area (Å²) in [6.07, 6.45) is 3.72. The van der Waals surface area contributed by atoms with Gasteiger partial charge >= 0.3 is 0 Å². The zero-order valence-electron chi connectivity index (χ0n) is 10.7. The second kappa shape index (κ2) is 5.52. The highest BCUT2D eigenvalue weighted by atomic mass is 16.5. The Morgan fingerprint density at radius 1 is 1.41 bits per heavy atom. The molecule has 1 heterocycles. The van der Waals surface area contributed by atoms with Gasteiger partial charge < -0.3 is 15.8 Å². The van der Waals surface area contributed by atoms with E-state index in [0.717, 1.165) is 17.9 Å². The van der Waals surface area contributed by atoms with E-state index in [9.17, 15) is 0 Å². The number of piperidine rings is 1. The largest absolute Gasteiger partial charge is 0.496 e. The Balaban J connectivity index is 2.12. The normalized spacial score (nSPS) is 22.2. The van der Waals surface area contributed by atoms with E-state index in [1.165, 1.54) is 24.8 Å². The molecule has 0 saturated carbocycles. The lowest BCUT2D eigenvalue weighted by Crippen LogP contribution is -2.42. The van der Waals surface area contributed by atoms with Crippen LogP contribution in [0.5, 0.6) is 5.75 Å². The zero-order valence-corrected chi connectivity index (χ0v) is 10.7. The second-order valence-electron chi connectivity index (χ2n) is 4.81. The highest BCUT2D eigenvalue weighted by Crippen LogP contribution is 2.25. The third-order valence-corrected chi connectivity index (χ3v) is 3.59. The molecule has 0 aromatic heterocycles. The highest BCUT2D eigenvalue weighted by molar-refractivity contribution is 5.37. The number of nitrogens with two attached hydrogens (primary N) is 1. The molecule has 94 valence electrons. The lowest BCUT2D eigenvalue weighted by Gasteiger charge is -2.29. The maximum absolute atomic E-state index is 6.33. The lowest BCUT2D eigenvalue weighted by atomic mass is 9.92. The third-order valence-electron chi connectivity index (χ3n) is 3.59. The van der Waals surface area contributed by atoms with Gasteiger partial charge in [-0.1, -0.05) is 18.6 Å². The molecule has 2 atom stereocenters. The van der Waals surface area contributed by atoms with Gasteiger partial charge in [0.2, 0.25) is 0 Å². The summed E-state index contributed by atoms with van der Waals surface area (Å²) in [5.74, 6) is 0.928. The van der Waals surface area contributed by atoms with Crippen molar-refractivity contribution in [2.45, 2.75) is 38.3 Å². The zero-order chi connectivity index (χ0) is 12.3. The van der Waals surface area contributed by atoms with Crippen LogP contribution in [0.3, 0.4) is 0 Å². The third kappa shape index (κ3) is 2.79. The number of ether oxygens (including phenoxy) is 1. The molecule has 1 aliphatic rings. The minimum atomic E-state index is 0.0832. The fourth-order valence-corrected chi connectivity index (χ4v) is 2.53. The first-order valence-corrected chi connectivity index (χ1v) is 6.36. The standard InChI is InChI=1S/C14H22N2O/c1-10-9-11(6-7-13(10)17-2)14(15)12-5-3-4-8-16-12/h6-7,9,12,14,16H,3-5,8,15H2,1-2H3. The second-order valence-corrected chi connectivity index (χ2v) is 4.81. The van der Waals surface area contributed by atoms with E-state index in [0.29, 0.717) is 6.04 Å². The van der Waals surface area contributed by atoms with Gasteiger partial charge in [0.15, 0.2) is 0 Å². The molecule has 2 rings (SSSR count). The Kier molecular flexibility index (Phi) is 4.02. The summed E-state index contributed by atoms with van der Waals surface area (Å²) in [7, 11) is 1.70. The minimum absolute atomic E-state index is 0.0832. The summed E-state index contributed by atoms with van der Waals surface area (Å²) < 4.78 is 5.27. The Labute approximate surface area is 103 Å². The molecule has 1 fully saturated rings. The summed E-state index contributed by atoms with van der Waals surface area (Å²) in [4.78, 5) is 0. The van der Waals surface area contributed by atoms with E-state index < -0.39 is 0 Å². The molecular formula is C14H22N2O. The molecular weight excluding hydrogens is 212 g/mol. The van der Waals surface area contributed by atoms with Crippen molar-refractivity contribution in [3.63, 3.8) is 0 Å². The van der Waals surface area contributed by atoms with Gasteiger partial charge in [-0.3, -0.25) is 0 Å². The summed E-state index contributed by atoms with van der Waals surface area (Å²) in [6.45, 7) is 3.15. The average Bonchev–Trinajstić information content (AvgIpc) is 2.39. The van der Waals surface area contributed by atoms with Crippen molar-refractivity contribution in [1.29, 1.82) is 0 Å². The molecule has 3 nitrogen and oxygen atoms in total. The average molecular weight is 234 g/mol. The van der Waals surface area contributed by atoms with Crippen LogP contribution >= 0.6 is 0 Å². The maximum Gasteiger partial charge on any atom is 0.121 e. The number of methoxy groups -OCH3 is 1. The van der Waals surface area contributed by atoms with Crippen molar-refractivity contribution in [2.75, 3.05) is 13.7 Å². The molecule has 3 heteroatoms. The SMILES string of the molecule is COc1ccc(C(N)C2CCCCN2)cc1C. The molecule has 3 N–H and O–H groups in total. The van der Waals surface area contributed by atoms with Crippen LogP contribution < -0.4 is 15.8 Å². The fourth-order valence-electron chi connectivity index (χ4n) is 2.53. The number of rotatable bonds is 3. The first-order chi connectivity index (χ1) is 8.22. The lowest BCUT2D eigenvalue weighted by molar-refractivity contribution is 0.353. The van der Waals surface area contributed by atoms with Gasteiger partial charge in [0, 0.05) is 12.1 Å². The van der Waals surface area contributed by atoms with Gasteiger partial charge in [-0.2, -0.15) is 0 Å². The van der Waals surface area contributed by atoms with Gasteiger partial charge in [0.25, 0.3) is 0 Å². The van der Waals surface area contributed by atoms with Crippen LogP contribution in [0.2, 0.25) is 0 Å². The number of nitrogens with one attached hydrogen (secondary N) is 1. The Morgan fingerprint density at radius 2 is 2.24 bits per heavy atom. The van der Waals surface area contributed by atoms with Crippen molar-refractivity contribution in [2.24, 2.45) is 5.73 Å². The van der Waals surface area contributed by atoms with Crippen LogP contribution in [-0.2, 0) is 0 Å². The number of benzene rings is 1. The maximum atomic E-state index is 6.33. The van der Waals surface area contributed by atoms with Crippen LogP contribution in [-0.4, -0.2) is 19.7 Å². The predicted molar refractivity (Wildman–Crippen MR) is 70.3 cm³/mol. The van der Waals surface area contributed by atoms with E-state index in [1.807, 2.05) is 6.07 Å².